The number of hydrazone groups is 2. The zero-order chi connectivity index (χ0) is 49.8. The fourth-order valence-electron chi connectivity index (χ4n) is 6.17. The number of hydrogen-bond acceptors (Lipinski definition) is 18. The number of piperazine rings is 1. The van der Waals surface area contributed by atoms with Crippen LogP contribution in [0.25, 0.3) is 0 Å². The zero-order valence-corrected chi connectivity index (χ0v) is 50.2. The number of nitrogens with zero attached hydrogens (tertiary/aromatic N) is 10. The standard InChI is InChI=1S/C38H36N12O4S6.2C2H4O2.2Pb/c1-25-33(35(39)49(43-25)29-9-5-3-6-10-29)37(55)57-45-41-27-13-17-31(18-14-27)59(51,52)47-21-23-48(24-22-47)60(53,54)32-19-15-28(16-20-32)42-46-58-38(56)34-26(2)44-50(36(34)40)30-11-7-4-8-12-30;2*1-2(3)4;;/h3-20,39-40,55-56H,21-24H2,1-2H3;2*1H3,(H,3,4);;/p-2/b37-33-,38-34-,39-35?,40-36?,45-41?,46-42?;;;;. The number of sulfonamides is 2. The van der Waals surface area contributed by atoms with E-state index in [1.54, 1.807) is 13.8 Å². The normalized spacial score (nSPS) is 16.8. The Kier molecular flexibility index (Phi) is 23.5. The van der Waals surface area contributed by atoms with Crippen molar-refractivity contribution in [3.05, 3.63) is 129 Å². The molecule has 0 aliphatic carbocycles. The van der Waals surface area contributed by atoms with Crippen LogP contribution in [0.3, 0.4) is 0 Å². The molecule has 4 aromatic carbocycles. The minimum absolute atomic E-state index is 0. The maximum atomic E-state index is 13.5. The van der Waals surface area contributed by atoms with Gasteiger partial charge in [0.05, 0.1) is 44.0 Å². The first-order valence-electron chi connectivity index (χ1n) is 19.8. The molecule has 0 spiro atoms. The first-order chi connectivity index (χ1) is 32.2. The molecule has 1 saturated heterocycles. The molecule has 3 aliphatic heterocycles. The summed E-state index contributed by atoms with van der Waals surface area (Å²) in [6.07, 6.45) is 0. The molecule has 1 fully saturated rings. The molecule has 28 heteroatoms. The molecule has 0 aromatic heterocycles. The van der Waals surface area contributed by atoms with Crippen LogP contribution >= 0.6 is 23.9 Å². The monoisotopic (exact) mass is 1450 g/mol. The Morgan fingerprint density at radius 3 is 1.14 bits per heavy atom. The Bertz CT molecular complexity index is 2750. The number of para-hydroxylation sites is 2. The van der Waals surface area contributed by atoms with Gasteiger partial charge < -0.3 is 35.5 Å². The number of benzene rings is 4. The maximum Gasteiger partial charge on any atom is 0.300 e. The van der Waals surface area contributed by atoms with Gasteiger partial charge in [-0.1, -0.05) is 36.4 Å². The zero-order valence-electron chi connectivity index (χ0n) is 37.5. The summed E-state index contributed by atoms with van der Waals surface area (Å²) in [5, 5.41) is 52.2. The molecule has 0 bridgehead atoms. The van der Waals surface area contributed by atoms with E-state index in [0.29, 0.717) is 42.4 Å². The third kappa shape index (κ3) is 15.8. The van der Waals surface area contributed by atoms with Gasteiger partial charge in [-0.15, -0.1) is 27.7 Å². The molecule has 0 amide bonds. The van der Waals surface area contributed by atoms with E-state index in [4.69, 9.17) is 55.9 Å². The van der Waals surface area contributed by atoms with Gasteiger partial charge in [0.25, 0.3) is 11.9 Å². The summed E-state index contributed by atoms with van der Waals surface area (Å²) in [5.41, 5.74) is 4.38. The quantitative estimate of drug-likeness (QED) is 0.0462. The topological polar surface area (TPSA) is 278 Å². The van der Waals surface area contributed by atoms with Crippen molar-refractivity contribution >= 4 is 182 Å². The van der Waals surface area contributed by atoms with E-state index in [0.717, 1.165) is 49.1 Å². The van der Waals surface area contributed by atoms with Crippen molar-refractivity contribution < 1.29 is 36.6 Å². The van der Waals surface area contributed by atoms with Gasteiger partial charge in [0.1, 0.15) is 0 Å². The van der Waals surface area contributed by atoms with E-state index in [9.17, 15) is 16.8 Å². The smallest absolute Gasteiger partial charge is 0.300 e. The van der Waals surface area contributed by atoms with Crippen molar-refractivity contribution in [2.24, 2.45) is 29.5 Å². The Morgan fingerprint density at radius 2 is 0.857 bits per heavy atom. The third-order valence-corrected chi connectivity index (χ3v) is 15.0. The number of carboxylic acid groups (broad SMARTS) is 2. The number of carbonyl (C=O) groups is 2. The number of aliphatic carboxylic acids is 2. The average molecular weight is 1450 g/mol. The van der Waals surface area contributed by atoms with E-state index in [1.807, 2.05) is 60.7 Å². The predicted octanol–water partition coefficient (Wildman–Crippen LogP) is 7.53. The van der Waals surface area contributed by atoms with Crippen LogP contribution in [0.15, 0.2) is 168 Å². The molecule has 4 N–H and O–H groups in total. The molecule has 3 aliphatic rings. The maximum absolute atomic E-state index is 13.5. The SMILES string of the molecule is CC(=O)O.CC(=O)O.CC1=NN(c2ccccc2)C(=N)/C1=C(/[S-])SN=Nc1ccc(S(=O)(=O)N2CCN(S(=O)(=O)c3ccc(N=NS/C([S-])=C4\C(=N)N(c5ccccc5)N=C4C)cc3)CC2)cc1.[Pb].[Pb]. The molecule has 4 aromatic rings. The van der Waals surface area contributed by atoms with Crippen molar-refractivity contribution in [2.45, 2.75) is 37.5 Å². The summed E-state index contributed by atoms with van der Waals surface area (Å²) in [5.74, 6) is -1.40. The number of nitrogens with one attached hydrogen (secondary N) is 2. The summed E-state index contributed by atoms with van der Waals surface area (Å²) in [6.45, 7) is 5.55. The fourth-order valence-corrected chi connectivity index (χ4v) is 10.8. The van der Waals surface area contributed by atoms with Gasteiger partial charge in [0, 0.05) is 130 Å². The second-order valence-corrected chi connectivity index (χ2v) is 20.8. The molecule has 0 atom stereocenters. The Balaban J connectivity index is 0.00000120. The minimum Gasteiger partial charge on any atom is -0.770 e. The van der Waals surface area contributed by atoms with Crippen LogP contribution < -0.4 is 10.0 Å². The van der Waals surface area contributed by atoms with Crippen LogP contribution in [0.2, 0.25) is 0 Å². The summed E-state index contributed by atoms with van der Waals surface area (Å²) in [7, 11) is -7.87. The number of amidine groups is 2. The molecule has 0 unspecified atom stereocenters. The second-order valence-electron chi connectivity index (χ2n) is 14.1. The van der Waals surface area contributed by atoms with Crippen LogP contribution in [0.4, 0.5) is 22.7 Å². The molecule has 7 rings (SSSR count). The largest absolute Gasteiger partial charge is 0.770 e. The summed E-state index contributed by atoms with van der Waals surface area (Å²) < 4.78 is 65.4. The second kappa shape index (κ2) is 27.4. The Hall–Kier alpha value is -4.42. The van der Waals surface area contributed by atoms with Gasteiger partial charge in [0.15, 0.2) is 11.7 Å². The van der Waals surface area contributed by atoms with Crippen LogP contribution in [0.5, 0.6) is 0 Å². The first-order valence-corrected chi connectivity index (χ1v) is 25.0. The van der Waals surface area contributed by atoms with E-state index in [-0.39, 0.29) is 102 Å². The van der Waals surface area contributed by atoms with Crippen LogP contribution in [-0.4, -0.2) is 151 Å². The van der Waals surface area contributed by atoms with Gasteiger partial charge in [-0.2, -0.15) is 18.8 Å². The summed E-state index contributed by atoms with van der Waals surface area (Å²) in [4.78, 5) is 18.1. The fraction of sp³-hybridized carbons (Fsp3) is 0.190. The van der Waals surface area contributed by atoms with Gasteiger partial charge in [-0.25, -0.2) is 26.9 Å². The predicted molar refractivity (Wildman–Crippen MR) is 281 cm³/mol. The van der Waals surface area contributed by atoms with Gasteiger partial charge in [-0.3, -0.25) is 20.4 Å². The number of hydrogen-bond donors (Lipinski definition) is 4. The van der Waals surface area contributed by atoms with Crippen LogP contribution in [0, 0.1) is 10.8 Å². The number of anilines is 2. The van der Waals surface area contributed by atoms with E-state index < -0.39 is 32.0 Å². The van der Waals surface area contributed by atoms with Crippen molar-refractivity contribution in [2.75, 3.05) is 36.2 Å². The molecule has 0 saturated carbocycles. The van der Waals surface area contributed by atoms with E-state index in [2.05, 4.69) is 29.5 Å². The van der Waals surface area contributed by atoms with E-state index in [1.165, 1.54) is 67.2 Å². The summed E-state index contributed by atoms with van der Waals surface area (Å²) >= 11 is 12.9. The Morgan fingerprint density at radius 1 is 0.571 bits per heavy atom. The summed E-state index contributed by atoms with van der Waals surface area (Å²) in [6, 6.07) is 30.3. The molecule has 3 heterocycles. The van der Waals surface area contributed by atoms with Crippen molar-refractivity contribution in [3.63, 3.8) is 0 Å². The molecular formula is C42H42N12O8Pb2S6-2. The van der Waals surface area contributed by atoms with Crippen LogP contribution in [0.1, 0.15) is 27.7 Å². The molecule has 70 heavy (non-hydrogen) atoms. The number of carboxylic acids is 2. The van der Waals surface area contributed by atoms with E-state index >= 15 is 0 Å². The molecule has 20 nitrogen and oxygen atoms in total. The van der Waals surface area contributed by atoms with Gasteiger partial charge in [0.2, 0.25) is 20.0 Å². The first kappa shape index (κ1) is 59.9. The molecule has 364 valence electrons. The van der Waals surface area contributed by atoms with Gasteiger partial charge in [-0.05, 0) is 86.6 Å². The van der Waals surface area contributed by atoms with Gasteiger partial charge >= 0.3 is 0 Å². The van der Waals surface area contributed by atoms with Crippen molar-refractivity contribution in [1.29, 1.82) is 10.8 Å². The van der Waals surface area contributed by atoms with Crippen molar-refractivity contribution in [3.8, 4) is 0 Å². The molecule has 8 radical (unpaired) electrons. The average Bonchev–Trinajstić information content (AvgIpc) is 3.78. The molecular weight excluding hydrogens is 1410 g/mol. The number of rotatable bonds is 12. The Labute approximate surface area is 465 Å². The van der Waals surface area contributed by atoms with Crippen molar-refractivity contribution in [1.82, 2.24) is 8.61 Å². The van der Waals surface area contributed by atoms with Crippen LogP contribution in [-0.2, 0) is 54.9 Å². The minimum atomic E-state index is -3.93. The third-order valence-electron chi connectivity index (χ3n) is 9.24.